The van der Waals surface area contributed by atoms with Crippen LogP contribution in [0.1, 0.15) is 38.2 Å². The fourth-order valence-corrected chi connectivity index (χ4v) is 6.28. The Morgan fingerprint density at radius 1 is 0.920 bits per heavy atom. The molecule has 5 rings (SSSR count). The van der Waals surface area contributed by atoms with Crippen molar-refractivity contribution in [1.82, 2.24) is 0 Å². The maximum atomic E-state index is 6.29. The molecular formula is C23H22Cl2. The molecule has 0 aliphatic heterocycles. The van der Waals surface area contributed by atoms with E-state index in [9.17, 15) is 0 Å². The topological polar surface area (TPSA) is 0 Å². The van der Waals surface area contributed by atoms with E-state index < -0.39 is 0 Å². The van der Waals surface area contributed by atoms with E-state index in [0.29, 0.717) is 17.8 Å². The van der Waals surface area contributed by atoms with E-state index in [1.165, 1.54) is 36.8 Å². The molecular weight excluding hydrogens is 347 g/mol. The lowest BCUT2D eigenvalue weighted by Gasteiger charge is -2.40. The smallest absolute Gasteiger partial charge is 0.0426 e. The molecule has 0 bridgehead atoms. The summed E-state index contributed by atoms with van der Waals surface area (Å²) in [5.74, 6) is 2.68. The Bertz CT molecular complexity index is 848. The Morgan fingerprint density at radius 3 is 2.44 bits per heavy atom. The monoisotopic (exact) mass is 368 g/mol. The van der Waals surface area contributed by atoms with Crippen LogP contribution in [0, 0.1) is 23.7 Å². The molecule has 128 valence electrons. The minimum atomic E-state index is 0.597. The van der Waals surface area contributed by atoms with Gasteiger partial charge in [0, 0.05) is 10.0 Å². The van der Waals surface area contributed by atoms with Crippen molar-refractivity contribution in [2.75, 3.05) is 0 Å². The Labute approximate surface area is 159 Å². The van der Waals surface area contributed by atoms with E-state index in [4.69, 9.17) is 23.2 Å². The molecule has 0 N–H and O–H groups in total. The number of benzene rings is 1. The van der Waals surface area contributed by atoms with Crippen molar-refractivity contribution in [3.05, 3.63) is 74.8 Å². The molecule has 0 aromatic heterocycles. The third kappa shape index (κ3) is 2.41. The van der Waals surface area contributed by atoms with E-state index in [-0.39, 0.29) is 0 Å². The molecule has 0 heterocycles. The maximum absolute atomic E-state index is 6.29. The fraction of sp³-hybridized carbons (Fsp3) is 0.391. The van der Waals surface area contributed by atoms with Crippen LogP contribution in [0.25, 0.3) is 5.57 Å². The standard InChI is InChI=1S/C23H22Cl2/c1-13-4-2-5-19-20-9-8-17(14-10-15(24)12-16(25)11-14)18-6-3-7-21(22(13)19)23(18)20/h2,5,8-13,18,21,23H,3-4,6-7H2,1H3/t13?,18-,21+,23?/m1/s1. The summed E-state index contributed by atoms with van der Waals surface area (Å²) in [5, 5.41) is 1.46. The van der Waals surface area contributed by atoms with Crippen LogP contribution in [0.4, 0.5) is 0 Å². The molecule has 0 amide bonds. The molecule has 4 atom stereocenters. The van der Waals surface area contributed by atoms with Gasteiger partial charge >= 0.3 is 0 Å². The first-order valence-electron chi connectivity index (χ1n) is 9.42. The van der Waals surface area contributed by atoms with Crippen molar-refractivity contribution in [1.29, 1.82) is 0 Å². The van der Waals surface area contributed by atoms with Gasteiger partial charge in [-0.15, -0.1) is 0 Å². The Morgan fingerprint density at radius 2 is 1.64 bits per heavy atom. The summed E-state index contributed by atoms with van der Waals surface area (Å²) in [7, 11) is 0. The molecule has 0 radical (unpaired) electrons. The molecule has 4 aliphatic rings. The minimum absolute atomic E-state index is 0.597. The summed E-state index contributed by atoms with van der Waals surface area (Å²) in [4.78, 5) is 0. The van der Waals surface area contributed by atoms with E-state index in [2.05, 4.69) is 43.4 Å². The normalized spacial score (nSPS) is 32.9. The summed E-state index contributed by atoms with van der Waals surface area (Å²) in [5.41, 5.74) is 7.51. The number of rotatable bonds is 1. The lowest BCUT2D eigenvalue weighted by Crippen LogP contribution is -2.30. The van der Waals surface area contributed by atoms with Gasteiger partial charge in [-0.3, -0.25) is 0 Å². The van der Waals surface area contributed by atoms with Gasteiger partial charge in [0.15, 0.2) is 0 Å². The van der Waals surface area contributed by atoms with E-state index in [1.54, 1.807) is 16.7 Å². The highest BCUT2D eigenvalue weighted by atomic mass is 35.5. The SMILES string of the molecule is CC1CC=CC2=C1[C@@H]1CCC[C@@H]3C(c4cc(Cl)cc(Cl)c4)=CC=C2C31. The first kappa shape index (κ1) is 16.0. The molecule has 1 aromatic carbocycles. The second-order valence-electron chi connectivity index (χ2n) is 7.98. The van der Waals surface area contributed by atoms with Crippen LogP contribution in [0.5, 0.6) is 0 Å². The highest BCUT2D eigenvalue weighted by Gasteiger charge is 2.47. The van der Waals surface area contributed by atoms with Crippen molar-refractivity contribution >= 4 is 28.8 Å². The fourth-order valence-electron chi connectivity index (χ4n) is 5.75. The molecule has 1 aromatic rings. The van der Waals surface area contributed by atoms with Crippen LogP contribution in [0.2, 0.25) is 10.0 Å². The van der Waals surface area contributed by atoms with Crippen molar-refractivity contribution in [2.24, 2.45) is 23.7 Å². The quantitative estimate of drug-likeness (QED) is 0.489. The third-order valence-electron chi connectivity index (χ3n) is 6.62. The van der Waals surface area contributed by atoms with Crippen molar-refractivity contribution in [3.63, 3.8) is 0 Å². The van der Waals surface area contributed by atoms with E-state index in [1.807, 2.05) is 6.07 Å². The Balaban J connectivity index is 1.64. The van der Waals surface area contributed by atoms with Crippen LogP contribution in [-0.2, 0) is 0 Å². The zero-order valence-electron chi connectivity index (χ0n) is 14.4. The van der Waals surface area contributed by atoms with Crippen molar-refractivity contribution < 1.29 is 0 Å². The van der Waals surface area contributed by atoms with E-state index >= 15 is 0 Å². The number of fused-ring (bicyclic) bond motifs is 2. The van der Waals surface area contributed by atoms with Gasteiger partial charge in [0.05, 0.1) is 0 Å². The summed E-state index contributed by atoms with van der Waals surface area (Å²) in [6.45, 7) is 2.41. The van der Waals surface area contributed by atoms with Crippen LogP contribution >= 0.6 is 23.2 Å². The summed E-state index contributed by atoms with van der Waals surface area (Å²) >= 11 is 12.6. The van der Waals surface area contributed by atoms with Gasteiger partial charge in [-0.1, -0.05) is 66.4 Å². The molecule has 2 heteroatoms. The first-order chi connectivity index (χ1) is 12.1. The van der Waals surface area contributed by atoms with Gasteiger partial charge in [0.2, 0.25) is 0 Å². The van der Waals surface area contributed by atoms with Crippen molar-refractivity contribution in [3.8, 4) is 0 Å². The lowest BCUT2D eigenvalue weighted by atomic mass is 9.64. The molecule has 1 saturated carbocycles. The minimum Gasteiger partial charge on any atom is -0.0843 e. The highest BCUT2D eigenvalue weighted by Crippen LogP contribution is 2.59. The molecule has 25 heavy (non-hydrogen) atoms. The number of hydrogen-bond acceptors (Lipinski definition) is 0. The lowest BCUT2D eigenvalue weighted by molar-refractivity contribution is 0.259. The zero-order valence-corrected chi connectivity index (χ0v) is 15.9. The van der Waals surface area contributed by atoms with Gasteiger partial charge in [-0.05, 0) is 83.4 Å². The van der Waals surface area contributed by atoms with Gasteiger partial charge in [0.25, 0.3) is 0 Å². The molecule has 0 saturated heterocycles. The number of allylic oxidation sites excluding steroid dienone is 8. The average Bonchev–Trinajstić information content (AvgIpc) is 2.92. The molecule has 0 nitrogen and oxygen atoms in total. The maximum Gasteiger partial charge on any atom is 0.0426 e. The zero-order chi connectivity index (χ0) is 17.1. The number of hydrogen-bond donors (Lipinski definition) is 0. The first-order valence-corrected chi connectivity index (χ1v) is 10.2. The van der Waals surface area contributed by atoms with Crippen LogP contribution in [-0.4, -0.2) is 0 Å². The second-order valence-corrected chi connectivity index (χ2v) is 8.85. The second kappa shape index (κ2) is 5.89. The molecule has 2 unspecified atom stereocenters. The van der Waals surface area contributed by atoms with Crippen LogP contribution in [0.15, 0.2) is 59.2 Å². The molecule has 4 aliphatic carbocycles. The van der Waals surface area contributed by atoms with E-state index in [0.717, 1.165) is 16.0 Å². The van der Waals surface area contributed by atoms with Gasteiger partial charge in [-0.2, -0.15) is 0 Å². The van der Waals surface area contributed by atoms with Gasteiger partial charge in [0.1, 0.15) is 0 Å². The summed E-state index contributed by atoms with van der Waals surface area (Å²) in [6.07, 6.45) is 14.6. The molecule has 1 fully saturated rings. The Hall–Kier alpha value is -1.24. The predicted octanol–water partition coefficient (Wildman–Crippen LogP) is 7.26. The largest absolute Gasteiger partial charge is 0.0843 e. The highest BCUT2D eigenvalue weighted by molar-refractivity contribution is 6.34. The van der Waals surface area contributed by atoms with Gasteiger partial charge in [-0.25, -0.2) is 0 Å². The number of halogens is 2. The summed E-state index contributed by atoms with van der Waals surface area (Å²) < 4.78 is 0. The average molecular weight is 369 g/mol. The molecule has 0 spiro atoms. The van der Waals surface area contributed by atoms with Crippen LogP contribution in [0.3, 0.4) is 0 Å². The Kier molecular flexibility index (Phi) is 3.77. The van der Waals surface area contributed by atoms with Crippen LogP contribution < -0.4 is 0 Å². The predicted molar refractivity (Wildman–Crippen MR) is 107 cm³/mol. The third-order valence-corrected chi connectivity index (χ3v) is 7.06. The summed E-state index contributed by atoms with van der Waals surface area (Å²) in [6, 6.07) is 5.97. The van der Waals surface area contributed by atoms with Crippen molar-refractivity contribution in [2.45, 2.75) is 32.6 Å². The van der Waals surface area contributed by atoms with Gasteiger partial charge < -0.3 is 0 Å².